The Kier molecular flexibility index (Phi) is 4.66. The van der Waals surface area contributed by atoms with E-state index in [1.165, 1.54) is 41.2 Å². The Morgan fingerprint density at radius 3 is 2.57 bits per heavy atom. The molecule has 3 rings (SSSR count). The Hall–Kier alpha value is -0.860. The quantitative estimate of drug-likeness (QED) is 0.622. The van der Waals surface area contributed by atoms with Crippen LogP contribution in [0, 0.1) is 12.8 Å². The van der Waals surface area contributed by atoms with Crippen molar-refractivity contribution in [1.82, 2.24) is 0 Å². The molecule has 0 radical (unpaired) electrons. The molecule has 0 aliphatic heterocycles. The topological polar surface area (TPSA) is 9.23 Å². The van der Waals surface area contributed by atoms with Crippen LogP contribution in [-0.2, 0) is 4.74 Å². The summed E-state index contributed by atoms with van der Waals surface area (Å²) in [6.45, 7) is 5.12. The van der Waals surface area contributed by atoms with Gasteiger partial charge in [0.05, 0.1) is 6.10 Å². The average Bonchev–Trinajstić information content (AvgIpc) is 2.45. The summed E-state index contributed by atoms with van der Waals surface area (Å²) in [6, 6.07) is 13.3. The first-order valence-corrected chi connectivity index (χ1v) is 8.84. The summed E-state index contributed by atoms with van der Waals surface area (Å²) < 4.78 is 5.67. The first kappa shape index (κ1) is 15.1. The highest BCUT2D eigenvalue weighted by Crippen LogP contribution is 2.42. The molecule has 0 saturated heterocycles. The molecule has 1 saturated carbocycles. The largest absolute Gasteiger partial charge is 0.378 e. The minimum absolute atomic E-state index is 0.440. The van der Waals surface area contributed by atoms with Gasteiger partial charge in [0, 0.05) is 11.4 Å². The number of halogens is 1. The predicted octanol–water partition coefficient (Wildman–Crippen LogP) is 5.79. The third kappa shape index (κ3) is 3.17. The van der Waals surface area contributed by atoms with Gasteiger partial charge >= 0.3 is 0 Å². The van der Waals surface area contributed by atoms with Gasteiger partial charge in [-0.15, -0.1) is 0 Å². The third-order valence-corrected chi connectivity index (χ3v) is 5.52. The fourth-order valence-corrected chi connectivity index (χ4v) is 4.33. The Balaban J connectivity index is 1.74. The van der Waals surface area contributed by atoms with E-state index in [2.05, 4.69) is 66.2 Å². The molecule has 21 heavy (non-hydrogen) atoms. The second kappa shape index (κ2) is 6.50. The normalized spacial score (nSPS) is 23.0. The van der Waals surface area contributed by atoms with Gasteiger partial charge in [-0.2, -0.15) is 0 Å². The van der Waals surface area contributed by atoms with E-state index in [0.717, 1.165) is 12.5 Å². The van der Waals surface area contributed by atoms with Gasteiger partial charge < -0.3 is 4.74 Å². The molecule has 1 fully saturated rings. The molecule has 1 unspecified atom stereocenters. The van der Waals surface area contributed by atoms with E-state index in [9.17, 15) is 0 Å². The molecule has 112 valence electrons. The van der Waals surface area contributed by atoms with Crippen LogP contribution in [0.15, 0.2) is 36.4 Å². The zero-order valence-corrected chi connectivity index (χ0v) is 14.4. The Labute approximate surface area is 135 Å². The smallest absolute Gasteiger partial charge is 0.0580 e. The van der Waals surface area contributed by atoms with Gasteiger partial charge in [0.2, 0.25) is 0 Å². The fourth-order valence-electron chi connectivity index (χ4n) is 3.40. The molecule has 0 spiro atoms. The van der Waals surface area contributed by atoms with Crippen molar-refractivity contribution in [2.24, 2.45) is 5.92 Å². The molecular formula is C19H23BrO. The number of aryl methyl sites for hydroxylation is 1. The number of alkyl halides is 1. The molecule has 0 bridgehead atoms. The maximum Gasteiger partial charge on any atom is 0.0580 e. The molecule has 2 aromatic rings. The van der Waals surface area contributed by atoms with Gasteiger partial charge in [-0.25, -0.2) is 0 Å². The molecule has 1 aliphatic carbocycles. The maximum atomic E-state index is 5.67. The molecular weight excluding hydrogens is 324 g/mol. The summed E-state index contributed by atoms with van der Waals surface area (Å²) in [5.74, 6) is 0.797. The monoisotopic (exact) mass is 346 g/mol. The molecule has 0 heterocycles. The van der Waals surface area contributed by atoms with Crippen LogP contribution >= 0.6 is 15.9 Å². The first-order chi connectivity index (χ1) is 10.2. The lowest BCUT2D eigenvalue weighted by Crippen LogP contribution is -2.31. The van der Waals surface area contributed by atoms with E-state index in [4.69, 9.17) is 4.74 Å². The van der Waals surface area contributed by atoms with Crippen LogP contribution in [-0.4, -0.2) is 12.7 Å². The van der Waals surface area contributed by atoms with Crippen molar-refractivity contribution in [2.75, 3.05) is 6.61 Å². The summed E-state index contributed by atoms with van der Waals surface area (Å²) in [4.78, 5) is 0.440. The molecule has 2 aromatic carbocycles. The lowest BCUT2D eigenvalue weighted by molar-refractivity contribution is -0.0264. The van der Waals surface area contributed by atoms with Crippen molar-refractivity contribution < 1.29 is 4.74 Å². The molecule has 1 nitrogen and oxygen atoms in total. The number of ether oxygens (including phenoxy) is 1. The van der Waals surface area contributed by atoms with E-state index in [1.54, 1.807) is 0 Å². The summed E-state index contributed by atoms with van der Waals surface area (Å²) in [5, 5.41) is 2.76. The van der Waals surface area contributed by atoms with E-state index >= 15 is 0 Å². The number of hydrogen-bond donors (Lipinski definition) is 0. The lowest BCUT2D eigenvalue weighted by atomic mass is 9.78. The zero-order chi connectivity index (χ0) is 14.8. The zero-order valence-electron chi connectivity index (χ0n) is 12.8. The predicted molar refractivity (Wildman–Crippen MR) is 93.1 cm³/mol. The second-order valence-electron chi connectivity index (χ2n) is 6.14. The number of fused-ring (bicyclic) bond motifs is 1. The van der Waals surface area contributed by atoms with Gasteiger partial charge in [0.15, 0.2) is 0 Å². The van der Waals surface area contributed by atoms with Crippen molar-refractivity contribution >= 4 is 26.7 Å². The maximum absolute atomic E-state index is 5.67. The number of rotatable bonds is 5. The van der Waals surface area contributed by atoms with Gasteiger partial charge in [0.1, 0.15) is 0 Å². The third-order valence-electron chi connectivity index (χ3n) is 4.65. The van der Waals surface area contributed by atoms with E-state index in [1.807, 2.05) is 0 Å². The summed E-state index contributed by atoms with van der Waals surface area (Å²) >= 11 is 3.93. The average molecular weight is 347 g/mol. The van der Waals surface area contributed by atoms with Gasteiger partial charge in [-0.3, -0.25) is 0 Å². The Bertz CT molecular complexity index is 616. The highest BCUT2D eigenvalue weighted by atomic mass is 79.9. The van der Waals surface area contributed by atoms with Crippen LogP contribution in [0.25, 0.3) is 10.8 Å². The van der Waals surface area contributed by atoms with Crippen LogP contribution < -0.4 is 0 Å². The fraction of sp³-hybridized carbons (Fsp3) is 0.474. The SMILES string of the molecule is CCOC1CC(CC(Br)c2ccc(C)c3ccccc23)C1. The summed E-state index contributed by atoms with van der Waals surface area (Å²) in [7, 11) is 0. The van der Waals surface area contributed by atoms with Crippen molar-refractivity contribution in [3.8, 4) is 0 Å². The molecule has 1 atom stereocenters. The molecule has 0 amide bonds. The number of hydrogen-bond acceptors (Lipinski definition) is 1. The van der Waals surface area contributed by atoms with Crippen molar-refractivity contribution in [2.45, 2.75) is 44.0 Å². The summed E-state index contributed by atoms with van der Waals surface area (Å²) in [6.07, 6.45) is 4.16. The standard InChI is InChI=1S/C19H23BrO/c1-3-21-15-10-14(11-15)12-19(20)18-9-8-13(2)16-6-4-5-7-17(16)18/h4-9,14-15,19H,3,10-12H2,1-2H3. The molecule has 0 N–H and O–H groups in total. The molecule has 0 aromatic heterocycles. The highest BCUT2D eigenvalue weighted by molar-refractivity contribution is 9.09. The van der Waals surface area contributed by atoms with E-state index in [-0.39, 0.29) is 0 Å². The van der Waals surface area contributed by atoms with Gasteiger partial charge in [-0.05, 0) is 60.9 Å². The van der Waals surface area contributed by atoms with Crippen LogP contribution in [0.5, 0.6) is 0 Å². The van der Waals surface area contributed by atoms with Crippen LogP contribution in [0.4, 0.5) is 0 Å². The minimum atomic E-state index is 0.440. The van der Waals surface area contributed by atoms with E-state index in [0.29, 0.717) is 10.9 Å². The lowest BCUT2D eigenvalue weighted by Gasteiger charge is -2.36. The Morgan fingerprint density at radius 1 is 1.14 bits per heavy atom. The van der Waals surface area contributed by atoms with Crippen molar-refractivity contribution in [3.05, 3.63) is 47.5 Å². The van der Waals surface area contributed by atoms with Crippen molar-refractivity contribution in [3.63, 3.8) is 0 Å². The first-order valence-electron chi connectivity index (χ1n) is 7.93. The van der Waals surface area contributed by atoms with Crippen LogP contribution in [0.3, 0.4) is 0 Å². The van der Waals surface area contributed by atoms with Crippen LogP contribution in [0.1, 0.15) is 42.1 Å². The van der Waals surface area contributed by atoms with Gasteiger partial charge in [0.25, 0.3) is 0 Å². The minimum Gasteiger partial charge on any atom is -0.378 e. The van der Waals surface area contributed by atoms with Crippen molar-refractivity contribution in [1.29, 1.82) is 0 Å². The van der Waals surface area contributed by atoms with E-state index < -0.39 is 0 Å². The molecule has 1 aliphatic rings. The Morgan fingerprint density at radius 2 is 1.86 bits per heavy atom. The highest BCUT2D eigenvalue weighted by Gasteiger charge is 2.31. The molecule has 2 heteroatoms. The van der Waals surface area contributed by atoms with Gasteiger partial charge in [-0.1, -0.05) is 52.3 Å². The second-order valence-corrected chi connectivity index (χ2v) is 7.24. The van der Waals surface area contributed by atoms with Crippen LogP contribution in [0.2, 0.25) is 0 Å². The number of benzene rings is 2. The summed E-state index contributed by atoms with van der Waals surface area (Å²) in [5.41, 5.74) is 2.78.